The summed E-state index contributed by atoms with van der Waals surface area (Å²) in [5.74, 6) is -7.89. The molecule has 0 spiro atoms. The van der Waals surface area contributed by atoms with Crippen LogP contribution >= 0.6 is 0 Å². The smallest absolute Gasteiger partial charge is 0.335 e. The fraction of sp³-hybridized carbons (Fsp3) is 0.765. The largest absolute Gasteiger partial charge is 0.479 e. The van der Waals surface area contributed by atoms with Crippen LogP contribution in [0.25, 0.3) is 0 Å². The third-order valence-corrected chi connectivity index (χ3v) is 9.97. The van der Waals surface area contributed by atoms with Crippen LogP contribution in [0.1, 0.15) is 27.7 Å². The number of hydrogen-bond donors (Lipinski definition) is 11. The highest BCUT2D eigenvalue weighted by atomic mass is 16.8. The quantitative estimate of drug-likeness (QED) is 0.0538. The van der Waals surface area contributed by atoms with Crippen molar-refractivity contribution in [1.82, 2.24) is 10.6 Å². The van der Waals surface area contributed by atoms with E-state index >= 15 is 0 Å². The van der Waals surface area contributed by atoms with E-state index in [2.05, 4.69) is 17.2 Å². The molecule has 20 unspecified atom stereocenters. The molecule has 0 aliphatic carbocycles. The maximum absolute atomic E-state index is 12.7. The number of aliphatic hydroxyl groups excluding tert-OH is 6. The lowest BCUT2D eigenvalue weighted by molar-refractivity contribution is -0.363. The van der Waals surface area contributed by atoms with E-state index in [1.807, 2.05) is 0 Å². The number of carbonyl (C=O) groups excluding carboxylic acids is 3. The second-order valence-electron chi connectivity index (χ2n) is 14.4. The van der Waals surface area contributed by atoms with Crippen molar-refractivity contribution >= 4 is 35.7 Å². The molecule has 4 aliphatic heterocycles. The first-order chi connectivity index (χ1) is 28.0. The Morgan fingerprint density at radius 2 is 1.00 bits per heavy atom. The fourth-order valence-electron chi connectivity index (χ4n) is 7.05. The van der Waals surface area contributed by atoms with Gasteiger partial charge in [-0.1, -0.05) is 6.58 Å². The number of carbonyl (C=O) groups is 6. The Bertz CT molecular complexity index is 1600. The molecule has 0 saturated carbocycles. The molecule has 26 nitrogen and oxygen atoms in total. The minimum absolute atomic E-state index is 0.0209. The fourth-order valence-corrected chi connectivity index (χ4v) is 7.05. The molecule has 11 N–H and O–H groups in total. The van der Waals surface area contributed by atoms with Gasteiger partial charge < -0.3 is 99.2 Å². The van der Waals surface area contributed by atoms with Gasteiger partial charge in [0.05, 0.1) is 12.1 Å². The molecule has 0 bridgehead atoms. The van der Waals surface area contributed by atoms with E-state index in [1.165, 1.54) is 13.8 Å². The SMILES string of the molecule is C=C(C)C(=O)OCC1OC(C)C(NC(C)=O)C(OC2OC(C(=O)O)C(OC3OC(C(=O)O)C(O)C(OC4OC(C(=O)O)C(OC)C(O)C4O)C3NC(C)=O)C(O)C2O)C1O. The number of methoxy groups -OCH3 is 1. The lowest BCUT2D eigenvalue weighted by atomic mass is 9.92. The van der Waals surface area contributed by atoms with E-state index in [1.54, 1.807) is 0 Å². The molecule has 4 rings (SSSR count). The topological polar surface area (TPSA) is 392 Å². The van der Waals surface area contributed by atoms with E-state index < -0.39 is 165 Å². The van der Waals surface area contributed by atoms with Crippen molar-refractivity contribution in [1.29, 1.82) is 0 Å². The summed E-state index contributed by atoms with van der Waals surface area (Å²) in [4.78, 5) is 73.5. The summed E-state index contributed by atoms with van der Waals surface area (Å²) in [5.41, 5.74) is 0.0209. The summed E-state index contributed by atoms with van der Waals surface area (Å²) >= 11 is 0. The number of ether oxygens (including phenoxy) is 9. The van der Waals surface area contributed by atoms with E-state index in [-0.39, 0.29) is 5.57 Å². The normalized spacial score (nSPS) is 42.0. The van der Waals surface area contributed by atoms with Gasteiger partial charge in [-0.3, -0.25) is 9.59 Å². The maximum atomic E-state index is 12.7. The van der Waals surface area contributed by atoms with Crippen molar-refractivity contribution in [2.75, 3.05) is 13.7 Å². The number of rotatable bonds is 15. The highest BCUT2D eigenvalue weighted by molar-refractivity contribution is 5.87. The van der Waals surface area contributed by atoms with Crippen molar-refractivity contribution in [2.24, 2.45) is 0 Å². The van der Waals surface area contributed by atoms with Crippen LogP contribution in [0.4, 0.5) is 0 Å². The van der Waals surface area contributed by atoms with Gasteiger partial charge in [0, 0.05) is 26.5 Å². The predicted octanol–water partition coefficient (Wildman–Crippen LogP) is -6.33. The van der Waals surface area contributed by atoms with Gasteiger partial charge >= 0.3 is 23.9 Å². The Balaban J connectivity index is 1.64. The number of carboxylic acid groups (broad SMARTS) is 3. The Kier molecular flexibility index (Phi) is 16.4. The van der Waals surface area contributed by atoms with Crippen molar-refractivity contribution < 1.29 is 117 Å². The van der Waals surface area contributed by atoms with Crippen LogP contribution in [0, 0.1) is 0 Å². The van der Waals surface area contributed by atoms with Crippen molar-refractivity contribution in [3.05, 3.63) is 12.2 Å². The monoisotopic (exact) mass is 870 g/mol. The molecule has 340 valence electrons. The molecule has 26 heteroatoms. The second-order valence-corrected chi connectivity index (χ2v) is 14.4. The zero-order valence-electron chi connectivity index (χ0n) is 32.6. The molecule has 4 fully saturated rings. The zero-order valence-corrected chi connectivity index (χ0v) is 32.6. The molecule has 0 aromatic rings. The third kappa shape index (κ3) is 10.7. The number of carboxylic acids is 3. The van der Waals surface area contributed by atoms with Gasteiger partial charge in [0.2, 0.25) is 11.8 Å². The van der Waals surface area contributed by atoms with Gasteiger partial charge in [-0.05, 0) is 13.8 Å². The number of nitrogens with one attached hydrogen (secondary N) is 2. The maximum Gasteiger partial charge on any atom is 0.335 e. The molecule has 0 aromatic carbocycles. The standard InChI is InChI=1S/C34H50N2O24/c1-8(2)31(51)53-7-12-15(39)21(13(9(3)54-12)35-10(4)37)55-34-19(43)17(41)24(27(60-34)30(49)50)57-32-14(36-11(5)38)22(20(44)25(58-32)28(45)46)56-33-18(42)16(40)23(52-6)26(59-33)29(47)48/h9,12-27,32-34,39-44H,1,7H2,2-6H3,(H,35,37)(H,36,38)(H,45,46)(H,47,48)(H,49,50). The number of aliphatic hydroxyl groups is 6. The molecule has 60 heavy (non-hydrogen) atoms. The van der Waals surface area contributed by atoms with E-state index in [0.29, 0.717) is 0 Å². The van der Waals surface area contributed by atoms with Crippen molar-refractivity contribution in [3.8, 4) is 0 Å². The first-order valence-corrected chi connectivity index (χ1v) is 18.2. The lowest BCUT2D eigenvalue weighted by Crippen LogP contribution is -2.71. The van der Waals surface area contributed by atoms with E-state index in [9.17, 15) is 74.7 Å². The van der Waals surface area contributed by atoms with E-state index in [4.69, 9.17) is 42.6 Å². The van der Waals surface area contributed by atoms with Crippen LogP contribution in [0.15, 0.2) is 12.2 Å². The molecule has 2 amide bonds. The van der Waals surface area contributed by atoms with Gasteiger partial charge in [-0.15, -0.1) is 0 Å². The minimum atomic E-state index is -2.36. The number of esters is 1. The molecular formula is C34H50N2O24. The molecule has 0 aromatic heterocycles. The summed E-state index contributed by atoms with van der Waals surface area (Å²) in [6.07, 6.45) is -36.0. The first kappa shape index (κ1) is 48.7. The summed E-state index contributed by atoms with van der Waals surface area (Å²) < 4.78 is 49.2. The van der Waals surface area contributed by atoms with Crippen molar-refractivity contribution in [3.63, 3.8) is 0 Å². The lowest BCUT2D eigenvalue weighted by Gasteiger charge is -2.49. The molecular weight excluding hydrogens is 820 g/mol. The summed E-state index contributed by atoms with van der Waals surface area (Å²) in [6.45, 7) is 7.77. The minimum Gasteiger partial charge on any atom is -0.479 e. The Morgan fingerprint density at radius 3 is 1.47 bits per heavy atom. The zero-order chi connectivity index (χ0) is 45.1. The Hall–Kier alpha value is -4.00. The van der Waals surface area contributed by atoms with Gasteiger partial charge in [0.1, 0.15) is 79.8 Å². The van der Waals surface area contributed by atoms with Gasteiger partial charge in [-0.25, -0.2) is 19.2 Å². The highest BCUT2D eigenvalue weighted by Gasteiger charge is 2.58. The summed E-state index contributed by atoms with van der Waals surface area (Å²) in [6, 6.07) is -3.15. The van der Waals surface area contributed by atoms with Crippen LogP contribution < -0.4 is 10.6 Å². The Labute approximate surface area is 339 Å². The van der Waals surface area contributed by atoms with Gasteiger partial charge in [0.15, 0.2) is 37.2 Å². The van der Waals surface area contributed by atoms with Crippen LogP contribution in [-0.4, -0.2) is 218 Å². The van der Waals surface area contributed by atoms with Gasteiger partial charge in [0.25, 0.3) is 0 Å². The number of hydrogen-bond acceptors (Lipinski definition) is 21. The average Bonchev–Trinajstić information content (AvgIpc) is 3.16. The third-order valence-electron chi connectivity index (χ3n) is 9.97. The van der Waals surface area contributed by atoms with Crippen LogP contribution in [0.2, 0.25) is 0 Å². The second kappa shape index (κ2) is 20.2. The molecule has 4 heterocycles. The van der Waals surface area contributed by atoms with Gasteiger partial charge in [-0.2, -0.15) is 0 Å². The Morgan fingerprint density at radius 1 is 0.567 bits per heavy atom. The summed E-state index contributed by atoms with van der Waals surface area (Å²) in [7, 11) is 1.01. The molecule has 4 saturated heterocycles. The van der Waals surface area contributed by atoms with E-state index in [0.717, 1.165) is 21.0 Å². The highest BCUT2D eigenvalue weighted by Crippen LogP contribution is 2.35. The predicted molar refractivity (Wildman–Crippen MR) is 186 cm³/mol. The molecule has 20 atom stereocenters. The number of amides is 2. The first-order valence-electron chi connectivity index (χ1n) is 18.2. The average molecular weight is 871 g/mol. The van der Waals surface area contributed by atoms with Crippen LogP contribution in [-0.2, 0) is 71.4 Å². The van der Waals surface area contributed by atoms with Crippen molar-refractivity contribution in [2.45, 2.75) is 150 Å². The number of aliphatic carboxylic acids is 3. The molecule has 4 aliphatic rings. The van der Waals surface area contributed by atoms with Crippen LogP contribution in [0.5, 0.6) is 0 Å². The van der Waals surface area contributed by atoms with Crippen LogP contribution in [0.3, 0.4) is 0 Å². The summed E-state index contributed by atoms with van der Waals surface area (Å²) in [5, 5.41) is 101. The molecule has 0 radical (unpaired) electrons.